The van der Waals surface area contributed by atoms with E-state index in [1.165, 1.54) is 12.4 Å². The molecule has 2 aliphatic carbocycles. The van der Waals surface area contributed by atoms with Crippen LogP contribution in [0.5, 0.6) is 0 Å². The molecule has 0 aliphatic heterocycles. The van der Waals surface area contributed by atoms with Gasteiger partial charge in [0.05, 0.1) is 22.3 Å². The van der Waals surface area contributed by atoms with Crippen LogP contribution in [0.25, 0.3) is 23.3 Å². The number of nitrogens with zero attached hydrogens (tertiary/aromatic N) is 4. The van der Waals surface area contributed by atoms with Crippen molar-refractivity contribution in [3.05, 3.63) is 239 Å². The number of hydrogen-bond acceptors (Lipinski definition) is 8. The minimum atomic E-state index is -0.354. The highest BCUT2D eigenvalue weighted by atomic mass is 16.2. The van der Waals surface area contributed by atoms with Gasteiger partial charge in [0.25, 0.3) is 0 Å². The third-order valence-corrected chi connectivity index (χ3v) is 11.1. The van der Waals surface area contributed by atoms with Gasteiger partial charge in [-0.1, -0.05) is 84.9 Å². The molecule has 8 heteroatoms. The van der Waals surface area contributed by atoms with Gasteiger partial charge in [-0.3, -0.25) is 29.1 Å². The Balaban J connectivity index is 0.903. The standard InChI is InChI=1S/C54H34N4O4/c59-51-45-13-7-31-55-49(45)53(61)47(51)33-35-15-23-41(24-16-35)57(39-9-3-1-4-10-39)43-27-19-37(20-28-43)38-21-29-44(30-22-38)58(40-11-5-2-6-12-40)42-25-17-36(18-26-42)34-48-52(60)46-14-8-32-56-50(46)54(48)62/h1-34H/b47-33-,48-34-. The van der Waals surface area contributed by atoms with Crippen LogP contribution in [0, 0.1) is 0 Å². The highest BCUT2D eigenvalue weighted by Crippen LogP contribution is 2.39. The minimum Gasteiger partial charge on any atom is -0.311 e. The largest absolute Gasteiger partial charge is 0.311 e. The predicted octanol–water partition coefficient (Wildman–Crippen LogP) is 12.0. The predicted molar refractivity (Wildman–Crippen MR) is 243 cm³/mol. The van der Waals surface area contributed by atoms with Crippen molar-refractivity contribution in [3.63, 3.8) is 0 Å². The first-order valence-corrected chi connectivity index (χ1v) is 20.0. The number of benzene rings is 6. The Labute approximate surface area is 357 Å². The number of hydrogen-bond donors (Lipinski definition) is 0. The Morgan fingerprint density at radius 1 is 0.323 bits per heavy atom. The lowest BCUT2D eigenvalue weighted by molar-refractivity contribution is 0.0973. The van der Waals surface area contributed by atoms with Gasteiger partial charge in [0.15, 0.2) is 11.6 Å². The Bertz CT molecular complexity index is 2820. The molecule has 0 atom stereocenters. The van der Waals surface area contributed by atoms with E-state index in [2.05, 4.69) is 92.6 Å². The molecule has 0 saturated carbocycles. The van der Waals surface area contributed by atoms with Crippen molar-refractivity contribution in [2.24, 2.45) is 0 Å². The molecular formula is C54H34N4O4. The number of Topliss-reactive ketones (excluding diaryl/α,β-unsaturated/α-hetero) is 4. The number of aromatic nitrogens is 2. The van der Waals surface area contributed by atoms with E-state index in [0.717, 1.165) is 56.4 Å². The molecule has 0 radical (unpaired) electrons. The number of rotatable bonds is 9. The van der Waals surface area contributed by atoms with E-state index < -0.39 is 0 Å². The minimum absolute atomic E-state index is 0.119. The Morgan fingerprint density at radius 2 is 0.645 bits per heavy atom. The number of carbonyl (C=O) groups excluding carboxylic acids is 4. The second-order valence-electron chi connectivity index (χ2n) is 14.9. The molecule has 8 aromatic rings. The summed E-state index contributed by atoms with van der Waals surface area (Å²) in [6.45, 7) is 0. The van der Waals surface area contributed by atoms with Crippen LogP contribution in [0.15, 0.2) is 206 Å². The number of pyridine rings is 2. The van der Waals surface area contributed by atoms with Crippen LogP contribution < -0.4 is 9.80 Å². The molecule has 294 valence electrons. The molecule has 8 nitrogen and oxygen atoms in total. The molecule has 0 spiro atoms. The van der Waals surface area contributed by atoms with Gasteiger partial charge >= 0.3 is 0 Å². The summed E-state index contributed by atoms with van der Waals surface area (Å²) >= 11 is 0. The van der Waals surface area contributed by atoms with Crippen molar-refractivity contribution < 1.29 is 19.2 Å². The molecule has 6 aromatic carbocycles. The number of fused-ring (bicyclic) bond motifs is 2. The van der Waals surface area contributed by atoms with Gasteiger partial charge in [0.1, 0.15) is 11.4 Å². The second-order valence-corrected chi connectivity index (χ2v) is 14.9. The molecule has 0 amide bonds. The first-order chi connectivity index (χ1) is 30.4. The fraction of sp³-hybridized carbons (Fsp3) is 0. The maximum Gasteiger partial charge on any atom is 0.216 e. The van der Waals surface area contributed by atoms with Crippen LogP contribution in [-0.4, -0.2) is 33.1 Å². The van der Waals surface area contributed by atoms with Crippen LogP contribution in [0.1, 0.15) is 52.8 Å². The van der Waals surface area contributed by atoms with Gasteiger partial charge in [0, 0.05) is 46.5 Å². The summed E-state index contributed by atoms with van der Waals surface area (Å²) in [5, 5.41) is 0. The van der Waals surface area contributed by atoms with E-state index in [1.807, 2.05) is 84.9 Å². The second kappa shape index (κ2) is 15.9. The monoisotopic (exact) mass is 802 g/mol. The fourth-order valence-corrected chi connectivity index (χ4v) is 7.98. The lowest BCUT2D eigenvalue weighted by Crippen LogP contribution is -2.10. The van der Waals surface area contributed by atoms with Crippen molar-refractivity contribution in [2.45, 2.75) is 0 Å². The molecule has 0 saturated heterocycles. The molecule has 0 bridgehead atoms. The van der Waals surface area contributed by atoms with Gasteiger partial charge in [0.2, 0.25) is 11.6 Å². The molecule has 10 rings (SSSR count). The van der Waals surface area contributed by atoms with Gasteiger partial charge < -0.3 is 9.80 Å². The normalized spacial score (nSPS) is 14.3. The molecule has 0 N–H and O–H groups in total. The van der Waals surface area contributed by atoms with Gasteiger partial charge in [-0.2, -0.15) is 0 Å². The SMILES string of the molecule is O=C1/C(=C/c2ccc(N(c3ccccc3)c3ccc(-c4ccc(N(c5ccccc5)c5ccc(/C=C6/C(=O)c7cccnc7C6=O)cc5)cc4)cc3)cc2)C(=O)c2ncccc21. The number of allylic oxidation sites excluding steroid dienone is 2. The smallest absolute Gasteiger partial charge is 0.216 e. The molecule has 0 fully saturated rings. The van der Waals surface area contributed by atoms with Crippen LogP contribution >= 0.6 is 0 Å². The molecule has 0 unspecified atom stereocenters. The zero-order valence-corrected chi connectivity index (χ0v) is 33.1. The summed E-state index contributed by atoms with van der Waals surface area (Å²) in [5.41, 5.74) is 10.6. The molecular weight excluding hydrogens is 769 g/mol. The third-order valence-electron chi connectivity index (χ3n) is 11.1. The Morgan fingerprint density at radius 3 is 0.984 bits per heavy atom. The number of anilines is 6. The quantitative estimate of drug-likeness (QED) is 0.105. The summed E-state index contributed by atoms with van der Waals surface area (Å²) in [5.74, 6) is -1.32. The van der Waals surface area contributed by atoms with Crippen LogP contribution in [0.4, 0.5) is 34.1 Å². The molecule has 62 heavy (non-hydrogen) atoms. The summed E-state index contributed by atoms with van der Waals surface area (Å²) < 4.78 is 0. The lowest BCUT2D eigenvalue weighted by atomic mass is 10.0. The number of para-hydroxylation sites is 2. The van der Waals surface area contributed by atoms with Crippen molar-refractivity contribution in [3.8, 4) is 11.1 Å². The molecule has 2 heterocycles. The highest BCUT2D eigenvalue weighted by Gasteiger charge is 2.35. The molecule has 2 aromatic heterocycles. The van der Waals surface area contributed by atoms with Crippen LogP contribution in [0.2, 0.25) is 0 Å². The van der Waals surface area contributed by atoms with Crippen molar-refractivity contribution in [2.75, 3.05) is 9.80 Å². The number of carbonyl (C=O) groups is 4. The van der Waals surface area contributed by atoms with Crippen molar-refractivity contribution in [1.82, 2.24) is 9.97 Å². The van der Waals surface area contributed by atoms with Gasteiger partial charge in [-0.25, -0.2) is 0 Å². The van der Waals surface area contributed by atoms with E-state index >= 15 is 0 Å². The van der Waals surface area contributed by atoms with E-state index in [4.69, 9.17) is 0 Å². The van der Waals surface area contributed by atoms with Crippen molar-refractivity contribution >= 4 is 69.4 Å². The average Bonchev–Trinajstić information content (AvgIpc) is 3.71. The van der Waals surface area contributed by atoms with Gasteiger partial charge in [-0.15, -0.1) is 0 Å². The molecule has 2 aliphatic rings. The van der Waals surface area contributed by atoms with Crippen LogP contribution in [-0.2, 0) is 0 Å². The summed E-state index contributed by atoms with van der Waals surface area (Å²) in [6, 6.07) is 59.2. The summed E-state index contributed by atoms with van der Waals surface area (Å²) in [6.07, 6.45) is 6.33. The van der Waals surface area contributed by atoms with Gasteiger partial charge in [-0.05, 0) is 131 Å². The zero-order valence-electron chi connectivity index (χ0n) is 33.1. The fourth-order valence-electron chi connectivity index (χ4n) is 7.98. The van der Waals surface area contributed by atoms with E-state index in [9.17, 15) is 19.2 Å². The van der Waals surface area contributed by atoms with E-state index in [-0.39, 0.29) is 45.7 Å². The maximum atomic E-state index is 13.0. The average molecular weight is 803 g/mol. The lowest BCUT2D eigenvalue weighted by Gasteiger charge is -2.26. The van der Waals surface area contributed by atoms with E-state index in [0.29, 0.717) is 11.1 Å². The summed E-state index contributed by atoms with van der Waals surface area (Å²) in [4.78, 5) is 64.5. The van der Waals surface area contributed by atoms with Crippen molar-refractivity contribution in [1.29, 1.82) is 0 Å². The first kappa shape index (κ1) is 37.6. The highest BCUT2D eigenvalue weighted by molar-refractivity contribution is 6.41. The number of ketones is 4. The maximum absolute atomic E-state index is 13.0. The zero-order chi connectivity index (χ0) is 42.2. The first-order valence-electron chi connectivity index (χ1n) is 20.0. The Kier molecular flexibility index (Phi) is 9.63. The van der Waals surface area contributed by atoms with Crippen LogP contribution in [0.3, 0.4) is 0 Å². The topological polar surface area (TPSA) is 101 Å². The summed E-state index contributed by atoms with van der Waals surface area (Å²) in [7, 11) is 0. The Hall–Kier alpha value is -8.62. The van der Waals surface area contributed by atoms with E-state index in [1.54, 1.807) is 36.4 Å². The third kappa shape index (κ3) is 6.91.